The lowest BCUT2D eigenvalue weighted by Crippen LogP contribution is -2.17. The number of aromatic nitrogens is 1. The molecule has 0 radical (unpaired) electrons. The van der Waals surface area contributed by atoms with Crippen LogP contribution in [0.4, 0.5) is 5.69 Å². The summed E-state index contributed by atoms with van der Waals surface area (Å²) >= 11 is 0. The van der Waals surface area contributed by atoms with Gasteiger partial charge < -0.3 is 15.2 Å². The van der Waals surface area contributed by atoms with Gasteiger partial charge in [-0.3, -0.25) is 0 Å². The normalized spacial score (nSPS) is 15.7. The Bertz CT molecular complexity index is 524. The minimum Gasteiger partial charge on any atom is -0.371 e. The number of fused-ring (bicyclic) bond motifs is 1. The van der Waals surface area contributed by atoms with Gasteiger partial charge in [0.05, 0.1) is 0 Å². The van der Waals surface area contributed by atoms with Gasteiger partial charge in [-0.2, -0.15) is 0 Å². The Hall–Kier alpha value is -1.48. The Morgan fingerprint density at radius 3 is 2.89 bits per heavy atom. The Balaban J connectivity index is 1.88. The van der Waals surface area contributed by atoms with E-state index in [-0.39, 0.29) is 0 Å². The van der Waals surface area contributed by atoms with Crippen LogP contribution in [0.15, 0.2) is 24.4 Å². The molecule has 1 saturated heterocycles. The number of rotatable bonds is 4. The van der Waals surface area contributed by atoms with E-state index >= 15 is 0 Å². The summed E-state index contributed by atoms with van der Waals surface area (Å²) in [7, 11) is 2.00. The molecule has 0 atom stereocenters. The number of H-pyrrole nitrogens is 1. The minimum atomic E-state index is 1.03. The van der Waals surface area contributed by atoms with Crippen LogP contribution < -0.4 is 10.2 Å². The fourth-order valence-corrected chi connectivity index (χ4v) is 2.81. The molecular formula is C15H21N3. The van der Waals surface area contributed by atoms with E-state index in [4.69, 9.17) is 0 Å². The van der Waals surface area contributed by atoms with Gasteiger partial charge in [-0.05, 0) is 50.6 Å². The van der Waals surface area contributed by atoms with Crippen molar-refractivity contribution >= 4 is 16.6 Å². The van der Waals surface area contributed by atoms with Crippen LogP contribution in [0.1, 0.15) is 18.4 Å². The molecule has 18 heavy (non-hydrogen) atoms. The van der Waals surface area contributed by atoms with Crippen molar-refractivity contribution in [1.29, 1.82) is 0 Å². The van der Waals surface area contributed by atoms with Gasteiger partial charge in [0.2, 0.25) is 0 Å². The number of anilines is 1. The van der Waals surface area contributed by atoms with E-state index in [9.17, 15) is 0 Å². The van der Waals surface area contributed by atoms with Crippen molar-refractivity contribution in [3.8, 4) is 0 Å². The first-order chi connectivity index (χ1) is 8.88. The number of benzene rings is 1. The molecule has 1 aromatic carbocycles. The van der Waals surface area contributed by atoms with Crippen LogP contribution in [-0.2, 0) is 6.42 Å². The van der Waals surface area contributed by atoms with Crippen LogP contribution in [-0.4, -0.2) is 31.7 Å². The molecule has 0 spiro atoms. The molecule has 3 rings (SSSR count). The molecule has 0 aliphatic carbocycles. The van der Waals surface area contributed by atoms with Gasteiger partial charge in [-0.15, -0.1) is 0 Å². The molecule has 3 nitrogen and oxygen atoms in total. The fraction of sp³-hybridized carbons (Fsp3) is 0.467. The van der Waals surface area contributed by atoms with Crippen LogP contribution in [0.25, 0.3) is 10.9 Å². The second-order valence-corrected chi connectivity index (χ2v) is 5.09. The van der Waals surface area contributed by atoms with Crippen LogP contribution >= 0.6 is 0 Å². The van der Waals surface area contributed by atoms with Crippen LogP contribution in [0.2, 0.25) is 0 Å². The van der Waals surface area contributed by atoms with E-state index in [1.54, 1.807) is 0 Å². The SMILES string of the molecule is CNCCc1c[nH]c2cc(N3CCCC3)ccc12. The van der Waals surface area contributed by atoms with E-state index in [0.29, 0.717) is 0 Å². The molecule has 2 aromatic rings. The highest BCUT2D eigenvalue weighted by Gasteiger charge is 2.13. The molecule has 1 aliphatic rings. The monoisotopic (exact) mass is 243 g/mol. The Labute approximate surface area is 108 Å². The molecule has 1 aliphatic heterocycles. The average molecular weight is 243 g/mol. The maximum absolute atomic E-state index is 3.41. The Morgan fingerprint density at radius 2 is 2.11 bits per heavy atom. The van der Waals surface area contributed by atoms with E-state index in [2.05, 4.69) is 39.6 Å². The number of aromatic amines is 1. The Kier molecular flexibility index (Phi) is 3.24. The highest BCUT2D eigenvalue weighted by atomic mass is 15.1. The van der Waals surface area contributed by atoms with Gasteiger partial charge >= 0.3 is 0 Å². The highest BCUT2D eigenvalue weighted by molar-refractivity contribution is 5.86. The number of nitrogens with one attached hydrogen (secondary N) is 2. The molecule has 2 N–H and O–H groups in total. The van der Waals surface area contributed by atoms with E-state index < -0.39 is 0 Å². The zero-order valence-electron chi connectivity index (χ0n) is 11.0. The first kappa shape index (κ1) is 11.6. The van der Waals surface area contributed by atoms with Crippen molar-refractivity contribution in [2.24, 2.45) is 0 Å². The summed E-state index contributed by atoms with van der Waals surface area (Å²) in [6.45, 7) is 3.44. The van der Waals surface area contributed by atoms with Gasteiger partial charge in [0.15, 0.2) is 0 Å². The van der Waals surface area contributed by atoms with Crippen molar-refractivity contribution < 1.29 is 0 Å². The second-order valence-electron chi connectivity index (χ2n) is 5.09. The number of likely N-dealkylation sites (N-methyl/N-ethyl adjacent to an activating group) is 1. The molecule has 3 heteroatoms. The summed E-state index contributed by atoms with van der Waals surface area (Å²) in [5.41, 5.74) is 4.04. The first-order valence-electron chi connectivity index (χ1n) is 6.88. The summed E-state index contributed by atoms with van der Waals surface area (Å²) in [6.07, 6.45) is 5.89. The minimum absolute atomic E-state index is 1.03. The molecule has 2 heterocycles. The predicted octanol–water partition coefficient (Wildman–Crippen LogP) is 2.53. The average Bonchev–Trinajstić information content (AvgIpc) is 3.05. The van der Waals surface area contributed by atoms with Crippen molar-refractivity contribution in [2.75, 3.05) is 31.6 Å². The third kappa shape index (κ3) is 2.10. The topological polar surface area (TPSA) is 31.1 Å². The van der Waals surface area contributed by atoms with Gasteiger partial charge in [-0.1, -0.05) is 6.07 Å². The van der Waals surface area contributed by atoms with Crippen molar-refractivity contribution in [3.63, 3.8) is 0 Å². The zero-order valence-corrected chi connectivity index (χ0v) is 11.0. The second kappa shape index (κ2) is 5.02. The van der Waals surface area contributed by atoms with Crippen molar-refractivity contribution in [1.82, 2.24) is 10.3 Å². The quantitative estimate of drug-likeness (QED) is 0.864. The maximum Gasteiger partial charge on any atom is 0.0477 e. The zero-order chi connectivity index (χ0) is 12.4. The Morgan fingerprint density at radius 1 is 1.28 bits per heavy atom. The van der Waals surface area contributed by atoms with E-state index in [1.807, 2.05) is 7.05 Å². The number of nitrogens with zero attached hydrogens (tertiary/aromatic N) is 1. The number of hydrogen-bond acceptors (Lipinski definition) is 2. The molecule has 1 aromatic heterocycles. The van der Waals surface area contributed by atoms with Crippen LogP contribution in [0, 0.1) is 0 Å². The first-order valence-corrected chi connectivity index (χ1v) is 6.88. The smallest absolute Gasteiger partial charge is 0.0477 e. The largest absolute Gasteiger partial charge is 0.371 e. The fourth-order valence-electron chi connectivity index (χ4n) is 2.81. The third-order valence-electron chi connectivity index (χ3n) is 3.87. The standard InChI is InChI=1S/C15H21N3/c1-16-7-6-12-11-17-15-10-13(4-5-14(12)15)18-8-2-3-9-18/h4-5,10-11,16-17H,2-3,6-9H2,1H3. The molecule has 0 unspecified atom stereocenters. The summed E-state index contributed by atoms with van der Waals surface area (Å²) in [5, 5.41) is 4.57. The van der Waals surface area contributed by atoms with Gasteiger partial charge in [-0.25, -0.2) is 0 Å². The molecule has 0 amide bonds. The highest BCUT2D eigenvalue weighted by Crippen LogP contribution is 2.26. The lowest BCUT2D eigenvalue weighted by molar-refractivity contribution is 0.795. The van der Waals surface area contributed by atoms with Crippen molar-refractivity contribution in [3.05, 3.63) is 30.0 Å². The lowest BCUT2D eigenvalue weighted by atomic mass is 10.1. The molecule has 96 valence electrons. The van der Waals surface area contributed by atoms with Gasteiger partial charge in [0.25, 0.3) is 0 Å². The molecular weight excluding hydrogens is 222 g/mol. The van der Waals surface area contributed by atoms with Gasteiger partial charge in [0.1, 0.15) is 0 Å². The van der Waals surface area contributed by atoms with Crippen molar-refractivity contribution in [2.45, 2.75) is 19.3 Å². The van der Waals surface area contributed by atoms with Crippen LogP contribution in [0.5, 0.6) is 0 Å². The molecule has 0 bridgehead atoms. The summed E-state index contributed by atoms with van der Waals surface area (Å²) in [6, 6.07) is 6.83. The van der Waals surface area contributed by atoms with Crippen LogP contribution in [0.3, 0.4) is 0 Å². The molecule has 1 fully saturated rings. The summed E-state index contributed by atoms with van der Waals surface area (Å²) < 4.78 is 0. The van der Waals surface area contributed by atoms with Gasteiger partial charge in [0, 0.05) is 35.9 Å². The van der Waals surface area contributed by atoms with E-state index in [1.165, 1.54) is 48.1 Å². The van der Waals surface area contributed by atoms with E-state index in [0.717, 1.165) is 13.0 Å². The maximum atomic E-state index is 3.41. The molecule has 0 saturated carbocycles. The predicted molar refractivity (Wildman–Crippen MR) is 77.4 cm³/mol. The third-order valence-corrected chi connectivity index (χ3v) is 3.87. The summed E-state index contributed by atoms with van der Waals surface area (Å²) in [4.78, 5) is 5.89. The summed E-state index contributed by atoms with van der Waals surface area (Å²) in [5.74, 6) is 0. The number of hydrogen-bond donors (Lipinski definition) is 2. The lowest BCUT2D eigenvalue weighted by Gasteiger charge is -2.17.